The molecule has 2 rings (SSSR count). The second-order valence-electron chi connectivity index (χ2n) is 6.01. The zero-order valence-electron chi connectivity index (χ0n) is 12.5. The molecule has 2 N–H and O–H groups in total. The van der Waals surface area contributed by atoms with Crippen molar-refractivity contribution in [3.05, 3.63) is 35.4 Å². The number of benzene rings is 1. The van der Waals surface area contributed by atoms with Gasteiger partial charge in [0.15, 0.2) is 0 Å². The third kappa shape index (κ3) is 4.21. The molecule has 2 unspecified atom stereocenters. The van der Waals surface area contributed by atoms with E-state index in [0.717, 1.165) is 18.7 Å². The van der Waals surface area contributed by atoms with Crippen LogP contribution in [-0.4, -0.2) is 35.1 Å². The molecule has 0 spiro atoms. The van der Waals surface area contributed by atoms with Crippen LogP contribution < -0.4 is 5.32 Å². The van der Waals surface area contributed by atoms with Crippen molar-refractivity contribution in [3.63, 3.8) is 0 Å². The molecule has 0 aromatic heterocycles. The van der Waals surface area contributed by atoms with E-state index in [1.165, 1.54) is 6.42 Å². The van der Waals surface area contributed by atoms with Crippen LogP contribution in [0.4, 0.5) is 4.79 Å². The van der Waals surface area contributed by atoms with E-state index in [9.17, 15) is 9.59 Å². The van der Waals surface area contributed by atoms with Crippen LogP contribution in [-0.2, 0) is 6.54 Å². The fourth-order valence-corrected chi connectivity index (χ4v) is 2.88. The van der Waals surface area contributed by atoms with Crippen molar-refractivity contribution >= 4 is 12.0 Å². The fraction of sp³-hybridized carbons (Fsp3) is 0.500. The quantitative estimate of drug-likeness (QED) is 0.899. The van der Waals surface area contributed by atoms with E-state index in [-0.39, 0.29) is 11.6 Å². The van der Waals surface area contributed by atoms with Gasteiger partial charge >= 0.3 is 12.0 Å². The van der Waals surface area contributed by atoms with Crippen LogP contribution in [0.5, 0.6) is 0 Å². The molecule has 114 valence electrons. The van der Waals surface area contributed by atoms with Crippen LogP contribution in [0.3, 0.4) is 0 Å². The van der Waals surface area contributed by atoms with E-state index in [1.807, 2.05) is 4.90 Å². The summed E-state index contributed by atoms with van der Waals surface area (Å²) >= 11 is 0. The highest BCUT2D eigenvalue weighted by atomic mass is 16.4. The van der Waals surface area contributed by atoms with Crippen LogP contribution in [0.1, 0.15) is 36.2 Å². The molecule has 1 heterocycles. The summed E-state index contributed by atoms with van der Waals surface area (Å²) in [4.78, 5) is 24.8. The lowest BCUT2D eigenvalue weighted by Gasteiger charge is -2.34. The molecule has 2 atom stereocenters. The van der Waals surface area contributed by atoms with E-state index in [4.69, 9.17) is 5.11 Å². The number of piperidine rings is 1. The maximum Gasteiger partial charge on any atom is 0.335 e. The molecule has 2 amide bonds. The molecule has 1 aromatic carbocycles. The number of likely N-dealkylation sites (tertiary alicyclic amines) is 1. The van der Waals surface area contributed by atoms with Gasteiger partial charge in [-0.2, -0.15) is 0 Å². The fourth-order valence-electron chi connectivity index (χ4n) is 2.88. The number of hydrogen-bond acceptors (Lipinski definition) is 2. The van der Waals surface area contributed by atoms with Gasteiger partial charge < -0.3 is 15.3 Å². The van der Waals surface area contributed by atoms with Crippen LogP contribution in [0.2, 0.25) is 0 Å². The van der Waals surface area contributed by atoms with E-state index in [0.29, 0.717) is 18.4 Å². The average molecular weight is 290 g/mol. The van der Waals surface area contributed by atoms with Gasteiger partial charge in [-0.3, -0.25) is 0 Å². The highest BCUT2D eigenvalue weighted by Crippen LogP contribution is 2.20. The van der Waals surface area contributed by atoms with E-state index in [1.54, 1.807) is 24.3 Å². The molecule has 21 heavy (non-hydrogen) atoms. The molecule has 0 radical (unpaired) electrons. The molecule has 1 aliphatic heterocycles. The van der Waals surface area contributed by atoms with Crippen LogP contribution in [0.25, 0.3) is 0 Å². The first-order chi connectivity index (χ1) is 9.95. The zero-order chi connectivity index (χ0) is 15.4. The molecule has 5 heteroatoms. The Morgan fingerprint density at radius 2 is 1.76 bits per heavy atom. The predicted octanol–water partition coefficient (Wildman–Crippen LogP) is 2.57. The first-order valence-corrected chi connectivity index (χ1v) is 7.30. The molecular formula is C16H22N2O3. The highest BCUT2D eigenvalue weighted by Gasteiger charge is 2.25. The second kappa shape index (κ2) is 6.61. The maximum absolute atomic E-state index is 12.2. The number of carboxylic acids is 1. The van der Waals surface area contributed by atoms with Crippen molar-refractivity contribution in [1.82, 2.24) is 10.2 Å². The molecule has 0 bridgehead atoms. The van der Waals surface area contributed by atoms with Gasteiger partial charge in [0.25, 0.3) is 0 Å². The van der Waals surface area contributed by atoms with Crippen molar-refractivity contribution < 1.29 is 14.7 Å². The Bertz CT molecular complexity index is 503. The number of aromatic carboxylic acids is 1. The van der Waals surface area contributed by atoms with Gasteiger partial charge in [0, 0.05) is 19.6 Å². The summed E-state index contributed by atoms with van der Waals surface area (Å²) in [5, 5.41) is 11.7. The van der Waals surface area contributed by atoms with Crippen molar-refractivity contribution in [2.45, 2.75) is 26.8 Å². The number of carbonyl (C=O) groups is 2. The topological polar surface area (TPSA) is 69.6 Å². The number of hydrogen-bond donors (Lipinski definition) is 2. The van der Waals surface area contributed by atoms with Gasteiger partial charge in [0.05, 0.1) is 5.56 Å². The predicted molar refractivity (Wildman–Crippen MR) is 80.2 cm³/mol. The van der Waals surface area contributed by atoms with Crippen LogP contribution >= 0.6 is 0 Å². The van der Waals surface area contributed by atoms with Gasteiger partial charge in [0.1, 0.15) is 0 Å². The molecule has 5 nitrogen and oxygen atoms in total. The molecule has 1 saturated heterocycles. The summed E-state index contributed by atoms with van der Waals surface area (Å²) < 4.78 is 0. The van der Waals surface area contributed by atoms with Crippen molar-refractivity contribution in [3.8, 4) is 0 Å². The van der Waals surface area contributed by atoms with E-state index in [2.05, 4.69) is 19.2 Å². The van der Waals surface area contributed by atoms with Gasteiger partial charge in [-0.05, 0) is 36.0 Å². The first kappa shape index (κ1) is 15.4. The van der Waals surface area contributed by atoms with Crippen LogP contribution in [0.15, 0.2) is 24.3 Å². The summed E-state index contributed by atoms with van der Waals surface area (Å²) in [6.07, 6.45) is 1.17. The lowest BCUT2D eigenvalue weighted by atomic mass is 9.92. The Morgan fingerprint density at radius 1 is 1.19 bits per heavy atom. The van der Waals surface area contributed by atoms with Crippen LogP contribution in [0, 0.1) is 11.8 Å². The number of rotatable bonds is 3. The van der Waals surface area contributed by atoms with Crippen molar-refractivity contribution in [2.24, 2.45) is 11.8 Å². The third-order valence-electron chi connectivity index (χ3n) is 3.80. The molecule has 1 aliphatic rings. The third-order valence-corrected chi connectivity index (χ3v) is 3.80. The normalized spacial score (nSPS) is 21.9. The number of carboxylic acid groups (broad SMARTS) is 1. The summed E-state index contributed by atoms with van der Waals surface area (Å²) in [7, 11) is 0. The maximum atomic E-state index is 12.2. The standard InChI is InChI=1S/C16H22N2O3/c1-11-7-12(2)10-18(9-11)16(21)17-8-13-3-5-14(6-4-13)15(19)20/h3-6,11-12H,7-10H2,1-2H3,(H,17,21)(H,19,20). The van der Waals surface area contributed by atoms with Crippen molar-refractivity contribution in [2.75, 3.05) is 13.1 Å². The molecular weight excluding hydrogens is 268 g/mol. The Morgan fingerprint density at radius 3 is 2.29 bits per heavy atom. The minimum absolute atomic E-state index is 0.0456. The van der Waals surface area contributed by atoms with Crippen molar-refractivity contribution in [1.29, 1.82) is 0 Å². The van der Waals surface area contributed by atoms with E-state index >= 15 is 0 Å². The molecule has 1 fully saturated rings. The zero-order valence-corrected chi connectivity index (χ0v) is 12.5. The lowest BCUT2D eigenvalue weighted by molar-refractivity contribution is 0.0697. The summed E-state index contributed by atoms with van der Waals surface area (Å²) in [6.45, 7) is 6.35. The summed E-state index contributed by atoms with van der Waals surface area (Å²) in [5.74, 6) is 0.130. The Kier molecular flexibility index (Phi) is 4.83. The van der Waals surface area contributed by atoms with Gasteiger partial charge in [-0.25, -0.2) is 9.59 Å². The Balaban J connectivity index is 1.87. The number of urea groups is 1. The van der Waals surface area contributed by atoms with Gasteiger partial charge in [-0.15, -0.1) is 0 Å². The average Bonchev–Trinajstić information content (AvgIpc) is 2.44. The highest BCUT2D eigenvalue weighted by molar-refractivity contribution is 5.87. The number of nitrogens with one attached hydrogen (secondary N) is 1. The monoisotopic (exact) mass is 290 g/mol. The molecule has 0 saturated carbocycles. The Hall–Kier alpha value is -2.04. The summed E-state index contributed by atoms with van der Waals surface area (Å²) in [6, 6.07) is 6.51. The second-order valence-corrected chi connectivity index (χ2v) is 6.01. The minimum atomic E-state index is -0.943. The Labute approximate surface area is 125 Å². The SMILES string of the molecule is CC1CC(C)CN(C(=O)NCc2ccc(C(=O)O)cc2)C1. The molecule has 1 aromatic rings. The number of amides is 2. The summed E-state index contributed by atoms with van der Waals surface area (Å²) in [5.41, 5.74) is 1.15. The first-order valence-electron chi connectivity index (χ1n) is 7.30. The largest absolute Gasteiger partial charge is 0.478 e. The smallest absolute Gasteiger partial charge is 0.335 e. The van der Waals surface area contributed by atoms with Gasteiger partial charge in [0.2, 0.25) is 0 Å². The molecule has 0 aliphatic carbocycles. The van der Waals surface area contributed by atoms with Gasteiger partial charge in [-0.1, -0.05) is 26.0 Å². The minimum Gasteiger partial charge on any atom is -0.478 e. The lowest BCUT2D eigenvalue weighted by Crippen LogP contribution is -2.47. The number of nitrogens with zero attached hydrogens (tertiary/aromatic N) is 1. The number of carbonyl (C=O) groups excluding carboxylic acids is 1. The van der Waals surface area contributed by atoms with E-state index < -0.39 is 5.97 Å².